The van der Waals surface area contributed by atoms with E-state index in [0.717, 1.165) is 0 Å². The van der Waals surface area contributed by atoms with Crippen molar-refractivity contribution in [1.29, 1.82) is 0 Å². The van der Waals surface area contributed by atoms with E-state index in [-0.39, 0.29) is 0 Å². The van der Waals surface area contributed by atoms with Gasteiger partial charge in [0.25, 0.3) is 0 Å². The van der Waals surface area contributed by atoms with Crippen LogP contribution in [-0.2, 0) is 6.14 Å². The minimum atomic E-state index is -4.20. The highest BCUT2D eigenvalue weighted by atomic mass is 127. The topological polar surface area (TPSA) is 109 Å². The smallest absolute Gasteiger partial charge is 0.341 e. The van der Waals surface area contributed by atoms with Crippen molar-refractivity contribution in [3.63, 3.8) is 0 Å². The molecule has 1 aromatic rings. The van der Waals surface area contributed by atoms with Crippen LogP contribution in [0.5, 0.6) is 0 Å². The third-order valence-corrected chi connectivity index (χ3v) is 3.53. The Balaban J connectivity index is 3.62. The Kier molecular flexibility index (Phi) is 3.52. The summed E-state index contributed by atoms with van der Waals surface area (Å²) in [6.45, 7) is 0. The lowest BCUT2D eigenvalue weighted by Gasteiger charge is -2.01. The molecule has 2 N–H and O–H groups in total. The van der Waals surface area contributed by atoms with Gasteiger partial charge in [-0.3, -0.25) is 0 Å². The lowest BCUT2D eigenvalue weighted by atomic mass is 10.1. The zero-order valence-corrected chi connectivity index (χ0v) is 9.60. The van der Waals surface area contributed by atoms with Crippen molar-refractivity contribution >= 4 is 31.7 Å². The summed E-state index contributed by atoms with van der Waals surface area (Å²) in [4.78, 5) is 21.1. The molecule has 8 heteroatoms. The highest BCUT2D eigenvalue weighted by Gasteiger charge is 2.21. The van der Waals surface area contributed by atoms with Crippen LogP contribution in [-0.4, -0.2) is 22.2 Å². The number of carboxylic acids is 2. The van der Waals surface area contributed by atoms with Gasteiger partial charge in [-0.05, 0) is 12.1 Å². The van der Waals surface area contributed by atoms with Crippen LogP contribution >= 0.6 is 19.8 Å². The van der Waals surface area contributed by atoms with E-state index in [4.69, 9.17) is 10.2 Å². The van der Waals surface area contributed by atoms with Gasteiger partial charge in [0.05, 0.1) is 14.7 Å². The molecule has 0 aliphatic carbocycles. The fourth-order valence-corrected chi connectivity index (χ4v) is 2.43. The number of hydrogen-bond donors (Lipinski definition) is 2. The Morgan fingerprint density at radius 1 is 1.06 bits per heavy atom. The van der Waals surface area contributed by atoms with Crippen LogP contribution in [0.4, 0.5) is 4.39 Å². The highest BCUT2D eigenvalue weighted by molar-refractivity contribution is 14.2. The van der Waals surface area contributed by atoms with Gasteiger partial charge in [0.15, 0.2) is 0 Å². The summed E-state index contributed by atoms with van der Waals surface area (Å²) < 4.78 is 34.0. The first kappa shape index (κ1) is 12.5. The van der Waals surface area contributed by atoms with E-state index in [1.165, 1.54) is 0 Å². The molecule has 0 spiro atoms. The second-order valence-corrected chi connectivity index (χ2v) is 5.04. The van der Waals surface area contributed by atoms with Crippen LogP contribution in [0, 0.1) is 9.39 Å². The number of benzene rings is 1. The van der Waals surface area contributed by atoms with Crippen molar-refractivity contribution in [3.05, 3.63) is 32.6 Å². The van der Waals surface area contributed by atoms with Crippen molar-refractivity contribution in [2.24, 2.45) is 0 Å². The summed E-state index contributed by atoms with van der Waals surface area (Å²) in [5, 5.41) is 17.1. The largest absolute Gasteiger partial charge is 0.478 e. The Bertz CT molecular complexity index is 540. The molecule has 0 saturated carbocycles. The van der Waals surface area contributed by atoms with E-state index >= 15 is 0 Å². The molecule has 0 aliphatic heterocycles. The number of aromatic carboxylic acids is 2. The molecule has 0 aliphatic rings. The molecule has 0 atom stereocenters. The molecular formula is C8H4FIO6. The van der Waals surface area contributed by atoms with E-state index in [0.29, 0.717) is 12.1 Å². The summed E-state index contributed by atoms with van der Waals surface area (Å²) in [5.74, 6) is -4.57. The van der Waals surface area contributed by atoms with Gasteiger partial charge >= 0.3 is 31.7 Å². The number of carboxylic acid groups (broad SMARTS) is 2. The van der Waals surface area contributed by atoms with Gasteiger partial charge in [-0.15, -0.1) is 0 Å². The average molecular weight is 342 g/mol. The number of hydrogen-bond acceptors (Lipinski definition) is 4. The van der Waals surface area contributed by atoms with Gasteiger partial charge in [-0.1, -0.05) is 0 Å². The molecule has 1 aromatic carbocycles. The van der Waals surface area contributed by atoms with Gasteiger partial charge in [-0.25, -0.2) is 20.1 Å². The molecule has 0 unspecified atom stereocenters. The molecule has 0 heterocycles. The summed E-state index contributed by atoms with van der Waals surface area (Å²) in [5.41, 5.74) is -1.62. The molecular weight excluding hydrogens is 338 g/mol. The summed E-state index contributed by atoms with van der Waals surface area (Å²) in [6.07, 6.45) is 0. The zero-order chi connectivity index (χ0) is 12.5. The highest BCUT2D eigenvalue weighted by Crippen LogP contribution is 2.25. The van der Waals surface area contributed by atoms with E-state index in [1.807, 2.05) is 0 Å². The van der Waals surface area contributed by atoms with Crippen molar-refractivity contribution in [3.8, 4) is 0 Å². The normalized spacial score (nSPS) is 10.4. The quantitative estimate of drug-likeness (QED) is 0.808. The third kappa shape index (κ3) is 2.32. The van der Waals surface area contributed by atoms with Crippen LogP contribution in [0.1, 0.15) is 20.7 Å². The van der Waals surface area contributed by atoms with Crippen molar-refractivity contribution in [2.45, 2.75) is 0 Å². The first-order chi connectivity index (χ1) is 7.34. The molecule has 16 heavy (non-hydrogen) atoms. The molecule has 0 amide bonds. The second kappa shape index (κ2) is 4.51. The molecule has 0 aromatic heterocycles. The summed E-state index contributed by atoms with van der Waals surface area (Å²) >= 11 is -4.20. The predicted molar refractivity (Wildman–Crippen MR) is 54.4 cm³/mol. The Hall–Kier alpha value is -1.58. The Labute approximate surface area is 94.8 Å². The van der Waals surface area contributed by atoms with Gasteiger partial charge in [0.1, 0.15) is 5.82 Å². The monoisotopic (exact) mass is 342 g/mol. The first-order valence-corrected chi connectivity index (χ1v) is 6.54. The number of rotatable bonds is 3. The number of carbonyl (C=O) groups is 2. The number of halogens is 2. The van der Waals surface area contributed by atoms with Crippen LogP contribution in [0.2, 0.25) is 0 Å². The summed E-state index contributed by atoms with van der Waals surface area (Å²) in [7, 11) is 0. The molecule has 86 valence electrons. The average Bonchev–Trinajstić information content (AvgIpc) is 2.15. The zero-order valence-electron chi connectivity index (χ0n) is 7.44. The van der Waals surface area contributed by atoms with E-state index < -0.39 is 52.2 Å². The second-order valence-electron chi connectivity index (χ2n) is 2.64. The lowest BCUT2D eigenvalue weighted by Crippen LogP contribution is -2.07. The van der Waals surface area contributed by atoms with Crippen LogP contribution in [0.3, 0.4) is 0 Å². The minimum Gasteiger partial charge on any atom is -0.478 e. The van der Waals surface area contributed by atoms with Crippen molar-refractivity contribution < 1.29 is 30.3 Å². The molecule has 0 radical (unpaired) electrons. The maximum atomic E-state index is 13.1. The van der Waals surface area contributed by atoms with Gasteiger partial charge < -0.3 is 10.2 Å². The van der Waals surface area contributed by atoms with E-state index in [1.54, 1.807) is 0 Å². The van der Waals surface area contributed by atoms with Gasteiger partial charge in [0, 0.05) is 0 Å². The molecule has 6 nitrogen and oxygen atoms in total. The first-order valence-electron chi connectivity index (χ1n) is 3.70. The van der Waals surface area contributed by atoms with Crippen LogP contribution in [0.15, 0.2) is 12.1 Å². The Morgan fingerprint density at radius 3 is 1.94 bits per heavy atom. The molecule has 1 rings (SSSR count). The maximum Gasteiger partial charge on any atom is 0.341 e. The minimum absolute atomic E-state index is 0.390. The fourth-order valence-electron chi connectivity index (χ4n) is 1.00. The lowest BCUT2D eigenvalue weighted by molar-refractivity contribution is 0.0675. The predicted octanol–water partition coefficient (Wildman–Crippen LogP) is 1.59. The summed E-state index contributed by atoms with van der Waals surface area (Å²) in [6, 6.07) is 0.910. The van der Waals surface area contributed by atoms with Gasteiger partial charge in [-0.2, -0.15) is 0 Å². The Morgan fingerprint density at radius 2 is 1.56 bits per heavy atom. The molecule has 0 saturated heterocycles. The van der Waals surface area contributed by atoms with Crippen LogP contribution < -0.4 is 0 Å². The van der Waals surface area contributed by atoms with Crippen molar-refractivity contribution in [2.75, 3.05) is 0 Å². The van der Waals surface area contributed by atoms with E-state index in [9.17, 15) is 20.1 Å². The molecule has 0 bridgehead atoms. The van der Waals surface area contributed by atoms with Crippen molar-refractivity contribution in [1.82, 2.24) is 0 Å². The van der Waals surface area contributed by atoms with Crippen LogP contribution in [0.25, 0.3) is 0 Å². The van der Waals surface area contributed by atoms with Gasteiger partial charge in [0.2, 0.25) is 0 Å². The SMILES string of the molecule is O=C(O)c1cc(I(=O)=O)c(C(=O)O)cc1F. The maximum absolute atomic E-state index is 13.1. The molecule has 0 fully saturated rings. The third-order valence-electron chi connectivity index (χ3n) is 1.68. The standard InChI is InChI=1S/C8H4FIO6/c9-5-1-4(8(13)14)6(10(15)16)2-3(5)7(11)12/h1-2H,(H,11,12)(H,13,14). The van der Waals surface area contributed by atoms with E-state index in [2.05, 4.69) is 0 Å². The fraction of sp³-hybridized carbons (Fsp3) is 0.